The molecule has 0 aliphatic carbocycles. The third kappa shape index (κ3) is 5.00. The summed E-state index contributed by atoms with van der Waals surface area (Å²) in [4.78, 5) is 32.2. The van der Waals surface area contributed by atoms with E-state index in [9.17, 15) is 14.7 Å². The van der Waals surface area contributed by atoms with Crippen molar-refractivity contribution in [1.82, 2.24) is 0 Å². The smallest absolute Gasteiger partial charge is 0.300 e. The summed E-state index contributed by atoms with van der Waals surface area (Å²) in [7, 11) is 7.72. The number of ether oxygens (including phenoxy) is 1. The van der Waals surface area contributed by atoms with Crippen molar-refractivity contribution >= 4 is 46.1 Å². The first kappa shape index (κ1) is 26.1. The van der Waals surface area contributed by atoms with Gasteiger partial charge in [0.15, 0.2) is 0 Å². The number of hydrogen-bond acceptors (Lipinski definition) is 6. The number of aliphatic hydroxyl groups excluding tert-OH is 1. The predicted octanol–water partition coefficient (Wildman–Crippen LogP) is 5.50. The molecule has 1 atom stereocenters. The Kier molecular flexibility index (Phi) is 7.45. The van der Waals surface area contributed by atoms with Gasteiger partial charge in [0.2, 0.25) is 0 Å². The summed E-state index contributed by atoms with van der Waals surface area (Å²) in [6.07, 6.45) is 0. The molecule has 192 valence electrons. The van der Waals surface area contributed by atoms with Crippen molar-refractivity contribution in [3.05, 3.63) is 88.5 Å². The highest BCUT2D eigenvalue weighted by atomic mass is 35.5. The molecule has 1 saturated heterocycles. The Balaban J connectivity index is 1.90. The highest BCUT2D eigenvalue weighted by Crippen LogP contribution is 2.43. The van der Waals surface area contributed by atoms with E-state index in [1.54, 1.807) is 30.3 Å². The zero-order chi connectivity index (χ0) is 26.9. The number of nitrogens with zero attached hydrogens (tertiary/aromatic N) is 3. The van der Waals surface area contributed by atoms with E-state index in [0.29, 0.717) is 34.2 Å². The van der Waals surface area contributed by atoms with E-state index in [1.165, 1.54) is 4.90 Å². The molecule has 1 N–H and O–H groups in total. The molecule has 37 heavy (non-hydrogen) atoms. The maximum absolute atomic E-state index is 13.4. The van der Waals surface area contributed by atoms with Crippen molar-refractivity contribution in [1.29, 1.82) is 0 Å². The van der Waals surface area contributed by atoms with Crippen molar-refractivity contribution in [3.63, 3.8) is 0 Å². The van der Waals surface area contributed by atoms with Gasteiger partial charge in [-0.15, -0.1) is 0 Å². The number of halogens is 1. The number of rotatable bonds is 7. The quantitative estimate of drug-likeness (QED) is 0.252. The number of aliphatic hydroxyl groups is 1. The van der Waals surface area contributed by atoms with Gasteiger partial charge in [-0.25, -0.2) is 0 Å². The third-order valence-electron chi connectivity index (χ3n) is 6.32. The molecule has 1 aliphatic heterocycles. The van der Waals surface area contributed by atoms with Crippen LogP contribution in [-0.2, 0) is 9.59 Å². The molecular weight excluding hydrogens is 490 g/mol. The van der Waals surface area contributed by atoms with Gasteiger partial charge >= 0.3 is 0 Å². The molecule has 1 heterocycles. The summed E-state index contributed by atoms with van der Waals surface area (Å²) in [5.41, 5.74) is 3.52. The monoisotopic (exact) mass is 519 g/mol. The normalized spacial score (nSPS) is 16.7. The first-order chi connectivity index (χ1) is 17.6. The molecule has 1 fully saturated rings. The summed E-state index contributed by atoms with van der Waals surface area (Å²) in [5, 5.41) is 11.8. The minimum atomic E-state index is -0.826. The van der Waals surface area contributed by atoms with Crippen molar-refractivity contribution < 1.29 is 19.4 Å². The van der Waals surface area contributed by atoms with Gasteiger partial charge in [0.1, 0.15) is 11.5 Å². The van der Waals surface area contributed by atoms with E-state index in [-0.39, 0.29) is 11.3 Å². The predicted molar refractivity (Wildman–Crippen MR) is 149 cm³/mol. The number of amides is 1. The Morgan fingerprint density at radius 2 is 1.49 bits per heavy atom. The maximum Gasteiger partial charge on any atom is 0.300 e. The molecule has 1 aliphatic rings. The van der Waals surface area contributed by atoms with Gasteiger partial charge in [-0.1, -0.05) is 23.7 Å². The fraction of sp³-hybridized carbons (Fsp3) is 0.241. The van der Waals surface area contributed by atoms with Crippen LogP contribution in [-0.4, -0.2) is 51.6 Å². The van der Waals surface area contributed by atoms with E-state index in [1.807, 2.05) is 81.3 Å². The number of carbonyl (C=O) groups excluding carboxylic acids is 2. The van der Waals surface area contributed by atoms with E-state index in [4.69, 9.17) is 16.3 Å². The molecule has 1 amide bonds. The molecule has 8 heteroatoms. The van der Waals surface area contributed by atoms with Gasteiger partial charge in [-0.2, -0.15) is 0 Å². The standard InChI is InChI=1S/C29H30ClN3O4/c1-6-37-24-17-19(9-16-23(24)30)27(34)25-26(18-7-10-20(11-8-18)31(2)3)33(29(36)28(25)35)22-14-12-21(13-15-22)32(4)5/h7-17,26,34H,6H2,1-5H3/b27-25-. The Morgan fingerprint density at radius 3 is 2.03 bits per heavy atom. The van der Waals surface area contributed by atoms with Crippen LogP contribution in [0, 0.1) is 0 Å². The largest absolute Gasteiger partial charge is 0.507 e. The van der Waals surface area contributed by atoms with Crippen LogP contribution in [0.4, 0.5) is 17.1 Å². The maximum atomic E-state index is 13.4. The van der Waals surface area contributed by atoms with Crippen molar-refractivity contribution in [2.45, 2.75) is 13.0 Å². The fourth-order valence-corrected chi connectivity index (χ4v) is 4.52. The summed E-state index contributed by atoms with van der Waals surface area (Å²) in [6, 6.07) is 18.9. The van der Waals surface area contributed by atoms with E-state index < -0.39 is 17.7 Å². The van der Waals surface area contributed by atoms with Crippen LogP contribution in [0.1, 0.15) is 24.1 Å². The molecule has 0 saturated carbocycles. The van der Waals surface area contributed by atoms with Crippen molar-refractivity contribution in [2.24, 2.45) is 0 Å². The second-order valence-corrected chi connectivity index (χ2v) is 9.55. The Hall–Kier alpha value is -3.97. The minimum absolute atomic E-state index is 0.00376. The second kappa shape index (κ2) is 10.6. The first-order valence-electron chi connectivity index (χ1n) is 11.9. The van der Waals surface area contributed by atoms with Crippen LogP contribution in [0.3, 0.4) is 0 Å². The molecule has 7 nitrogen and oxygen atoms in total. The van der Waals surface area contributed by atoms with Gasteiger partial charge < -0.3 is 19.6 Å². The molecule has 3 aromatic rings. The lowest BCUT2D eigenvalue weighted by Crippen LogP contribution is -2.29. The molecule has 3 aromatic carbocycles. The highest BCUT2D eigenvalue weighted by Gasteiger charge is 2.47. The Morgan fingerprint density at radius 1 is 0.919 bits per heavy atom. The average molecular weight is 520 g/mol. The lowest BCUT2D eigenvalue weighted by Gasteiger charge is -2.26. The SMILES string of the molecule is CCOc1cc(/C(O)=C2/C(=O)C(=O)N(c3ccc(N(C)C)cc3)C2c2ccc(N(C)C)cc2)ccc1Cl. The molecule has 0 radical (unpaired) electrons. The highest BCUT2D eigenvalue weighted by molar-refractivity contribution is 6.51. The van der Waals surface area contributed by atoms with Crippen LogP contribution in [0.2, 0.25) is 5.02 Å². The van der Waals surface area contributed by atoms with Crippen molar-refractivity contribution in [2.75, 3.05) is 49.5 Å². The number of Topliss-reactive ketones (excluding diaryl/α,β-unsaturated/α-hetero) is 1. The topological polar surface area (TPSA) is 73.3 Å². The Labute approximate surface area is 222 Å². The number of benzene rings is 3. The van der Waals surface area contributed by atoms with Gasteiger partial charge in [-0.05, 0) is 67.1 Å². The number of hydrogen-bond donors (Lipinski definition) is 1. The van der Waals surface area contributed by atoms with E-state index in [2.05, 4.69) is 0 Å². The molecule has 0 bridgehead atoms. The second-order valence-electron chi connectivity index (χ2n) is 9.14. The van der Waals surface area contributed by atoms with Crippen LogP contribution >= 0.6 is 11.6 Å². The van der Waals surface area contributed by atoms with Crippen molar-refractivity contribution in [3.8, 4) is 5.75 Å². The lowest BCUT2D eigenvalue weighted by molar-refractivity contribution is -0.132. The summed E-state index contributed by atoms with van der Waals surface area (Å²) in [5.74, 6) is -1.37. The summed E-state index contributed by atoms with van der Waals surface area (Å²) < 4.78 is 5.57. The average Bonchev–Trinajstić information content (AvgIpc) is 3.15. The third-order valence-corrected chi connectivity index (χ3v) is 6.63. The van der Waals surface area contributed by atoms with Gasteiger partial charge in [0, 0.05) is 50.8 Å². The number of ketones is 1. The van der Waals surface area contributed by atoms with Crippen LogP contribution in [0.25, 0.3) is 5.76 Å². The fourth-order valence-electron chi connectivity index (χ4n) is 4.35. The minimum Gasteiger partial charge on any atom is -0.507 e. The lowest BCUT2D eigenvalue weighted by atomic mass is 9.94. The summed E-state index contributed by atoms with van der Waals surface area (Å²) in [6.45, 7) is 2.21. The molecule has 0 aromatic heterocycles. The van der Waals surface area contributed by atoms with E-state index in [0.717, 1.165) is 11.4 Å². The zero-order valence-electron chi connectivity index (χ0n) is 21.5. The van der Waals surface area contributed by atoms with Crippen LogP contribution in [0.15, 0.2) is 72.3 Å². The molecule has 4 rings (SSSR count). The van der Waals surface area contributed by atoms with E-state index >= 15 is 0 Å². The van der Waals surface area contributed by atoms with Crippen LogP contribution < -0.4 is 19.4 Å². The summed E-state index contributed by atoms with van der Waals surface area (Å²) >= 11 is 6.23. The van der Waals surface area contributed by atoms with Crippen LogP contribution in [0.5, 0.6) is 5.75 Å². The number of carbonyl (C=O) groups is 2. The van der Waals surface area contributed by atoms with Gasteiger partial charge in [0.25, 0.3) is 11.7 Å². The van der Waals surface area contributed by atoms with Gasteiger partial charge in [0.05, 0.1) is 23.2 Å². The molecule has 1 unspecified atom stereocenters. The number of anilines is 3. The zero-order valence-corrected chi connectivity index (χ0v) is 22.3. The molecular formula is C29H30ClN3O4. The Bertz CT molecular complexity index is 1350. The van der Waals surface area contributed by atoms with Gasteiger partial charge in [-0.3, -0.25) is 14.5 Å². The first-order valence-corrected chi connectivity index (χ1v) is 12.3. The molecule has 0 spiro atoms.